The number of halogens is 4. The summed E-state index contributed by atoms with van der Waals surface area (Å²) in [4.78, 5) is -0.695. The lowest BCUT2D eigenvalue weighted by molar-refractivity contribution is 0.414. The van der Waals surface area contributed by atoms with Gasteiger partial charge in [0.1, 0.15) is 23.2 Å². The molecule has 0 aromatic heterocycles. The molecule has 1 unspecified atom stereocenters. The second kappa shape index (κ2) is 5.65. The minimum atomic E-state index is -0.937. The molecule has 0 N–H and O–H groups in total. The first-order valence-corrected chi connectivity index (χ1v) is 6.37. The molecule has 0 aliphatic carbocycles. The molecule has 1 nitrogen and oxygen atoms in total. The second-order valence-electron chi connectivity index (χ2n) is 3.92. The van der Waals surface area contributed by atoms with Crippen LogP contribution in [0.5, 0.6) is 5.75 Å². The fourth-order valence-electron chi connectivity index (χ4n) is 1.74. The molecule has 0 saturated carbocycles. The Balaban J connectivity index is 2.40. The van der Waals surface area contributed by atoms with Crippen LogP contribution in [0.1, 0.15) is 16.0 Å². The van der Waals surface area contributed by atoms with Crippen LogP contribution in [-0.4, -0.2) is 7.11 Å². The Hall–Kier alpha value is -1.49. The van der Waals surface area contributed by atoms with Crippen LogP contribution in [0.3, 0.4) is 0 Å². The van der Waals surface area contributed by atoms with E-state index in [0.29, 0.717) is 23.4 Å². The van der Waals surface area contributed by atoms with Crippen LogP contribution in [0.25, 0.3) is 0 Å². The summed E-state index contributed by atoms with van der Waals surface area (Å²) in [5.74, 6) is -2.14. The van der Waals surface area contributed by atoms with Gasteiger partial charge in [-0.2, -0.15) is 0 Å². The van der Waals surface area contributed by atoms with Crippen LogP contribution in [-0.2, 0) is 0 Å². The van der Waals surface area contributed by atoms with Crippen LogP contribution < -0.4 is 4.74 Å². The van der Waals surface area contributed by atoms with Crippen molar-refractivity contribution in [2.45, 2.75) is 4.83 Å². The van der Waals surface area contributed by atoms with Crippen molar-refractivity contribution in [2.24, 2.45) is 0 Å². The summed E-state index contributed by atoms with van der Waals surface area (Å²) in [7, 11) is 1.53. The van der Waals surface area contributed by atoms with Gasteiger partial charge in [-0.3, -0.25) is 0 Å². The number of methoxy groups -OCH3 is 1. The van der Waals surface area contributed by atoms with Gasteiger partial charge in [0.15, 0.2) is 0 Å². The van der Waals surface area contributed by atoms with Crippen molar-refractivity contribution >= 4 is 15.9 Å². The molecule has 100 valence electrons. The molecule has 0 fully saturated rings. The molecule has 0 aliphatic heterocycles. The van der Waals surface area contributed by atoms with Gasteiger partial charge in [-0.05, 0) is 17.7 Å². The Kier molecular flexibility index (Phi) is 4.14. The maximum absolute atomic E-state index is 13.7. The van der Waals surface area contributed by atoms with Crippen molar-refractivity contribution in [3.8, 4) is 5.75 Å². The van der Waals surface area contributed by atoms with Crippen LogP contribution >= 0.6 is 15.9 Å². The van der Waals surface area contributed by atoms with E-state index in [-0.39, 0.29) is 5.56 Å². The van der Waals surface area contributed by atoms with Crippen molar-refractivity contribution in [3.05, 3.63) is 65.0 Å². The van der Waals surface area contributed by atoms with Crippen molar-refractivity contribution in [1.82, 2.24) is 0 Å². The van der Waals surface area contributed by atoms with Crippen LogP contribution in [0, 0.1) is 17.5 Å². The monoisotopic (exact) mass is 330 g/mol. The van der Waals surface area contributed by atoms with E-state index in [0.717, 1.165) is 0 Å². The summed E-state index contributed by atoms with van der Waals surface area (Å²) in [6, 6.07) is 8.05. The molecule has 0 radical (unpaired) electrons. The number of hydrogen-bond acceptors (Lipinski definition) is 1. The van der Waals surface area contributed by atoms with E-state index < -0.39 is 22.3 Å². The SMILES string of the molecule is COc1ccc(C(Br)c2c(F)cc(F)cc2F)cc1. The molecular formula is C14H10BrF3O. The average Bonchev–Trinajstić information content (AvgIpc) is 2.37. The Bertz CT molecular complexity index is 561. The van der Waals surface area contributed by atoms with Gasteiger partial charge in [0, 0.05) is 17.7 Å². The summed E-state index contributed by atoms with van der Waals surface area (Å²) in [6.07, 6.45) is 0. The van der Waals surface area contributed by atoms with Crippen molar-refractivity contribution in [3.63, 3.8) is 0 Å². The van der Waals surface area contributed by atoms with Gasteiger partial charge in [-0.1, -0.05) is 28.1 Å². The Morgan fingerprint density at radius 3 is 2.00 bits per heavy atom. The number of alkyl halides is 1. The van der Waals surface area contributed by atoms with Crippen LogP contribution in [0.15, 0.2) is 36.4 Å². The highest BCUT2D eigenvalue weighted by Crippen LogP contribution is 2.35. The van der Waals surface area contributed by atoms with Crippen molar-refractivity contribution in [2.75, 3.05) is 7.11 Å². The Morgan fingerprint density at radius 1 is 1.00 bits per heavy atom. The zero-order chi connectivity index (χ0) is 14.0. The molecule has 1 atom stereocenters. The fraction of sp³-hybridized carbons (Fsp3) is 0.143. The molecule has 2 aromatic carbocycles. The van der Waals surface area contributed by atoms with Gasteiger partial charge in [0.05, 0.1) is 11.9 Å². The maximum Gasteiger partial charge on any atom is 0.133 e. The summed E-state index contributed by atoms with van der Waals surface area (Å²) in [6.45, 7) is 0. The van der Waals surface area contributed by atoms with E-state index in [9.17, 15) is 13.2 Å². The summed E-state index contributed by atoms with van der Waals surface area (Å²) >= 11 is 3.22. The predicted molar refractivity (Wildman–Crippen MR) is 70.1 cm³/mol. The smallest absolute Gasteiger partial charge is 0.133 e. The number of rotatable bonds is 3. The van der Waals surface area contributed by atoms with E-state index in [1.54, 1.807) is 24.3 Å². The normalized spacial score (nSPS) is 12.3. The standard InChI is InChI=1S/C14H10BrF3O/c1-19-10-4-2-8(3-5-10)14(15)13-11(17)6-9(16)7-12(13)18/h2-7,14H,1H3. The largest absolute Gasteiger partial charge is 0.497 e. The van der Waals surface area contributed by atoms with Crippen LogP contribution in [0.2, 0.25) is 0 Å². The van der Waals surface area contributed by atoms with Gasteiger partial charge >= 0.3 is 0 Å². The summed E-state index contributed by atoms with van der Waals surface area (Å²) in [5.41, 5.74) is 0.428. The molecule has 5 heteroatoms. The molecule has 2 aromatic rings. The Morgan fingerprint density at radius 2 is 1.53 bits per heavy atom. The minimum Gasteiger partial charge on any atom is -0.497 e. The van der Waals surface area contributed by atoms with E-state index >= 15 is 0 Å². The quantitative estimate of drug-likeness (QED) is 0.747. The first-order chi connectivity index (χ1) is 9.02. The molecule has 19 heavy (non-hydrogen) atoms. The Labute approximate surface area is 117 Å². The van der Waals surface area contributed by atoms with E-state index in [4.69, 9.17) is 4.74 Å². The molecule has 0 aliphatic rings. The highest BCUT2D eigenvalue weighted by Gasteiger charge is 2.20. The first-order valence-electron chi connectivity index (χ1n) is 5.45. The summed E-state index contributed by atoms with van der Waals surface area (Å²) < 4.78 is 45.2. The molecule has 2 rings (SSSR count). The molecule has 0 amide bonds. The van der Waals surface area contributed by atoms with Gasteiger partial charge in [0.2, 0.25) is 0 Å². The van der Waals surface area contributed by atoms with Gasteiger partial charge < -0.3 is 4.74 Å². The highest BCUT2D eigenvalue weighted by molar-refractivity contribution is 9.09. The molecule has 0 saturated heterocycles. The number of ether oxygens (including phenoxy) is 1. The van der Waals surface area contributed by atoms with E-state index in [1.807, 2.05) is 0 Å². The average molecular weight is 331 g/mol. The lowest BCUT2D eigenvalue weighted by Crippen LogP contribution is -2.02. The predicted octanol–water partition coefficient (Wildman–Crippen LogP) is 4.60. The second-order valence-corrected chi connectivity index (χ2v) is 4.83. The van der Waals surface area contributed by atoms with Crippen molar-refractivity contribution < 1.29 is 17.9 Å². The molecule has 0 spiro atoms. The fourth-order valence-corrected chi connectivity index (χ4v) is 2.48. The number of hydrogen-bond donors (Lipinski definition) is 0. The van der Waals surface area contributed by atoms with E-state index in [2.05, 4.69) is 15.9 Å². The third-order valence-corrected chi connectivity index (χ3v) is 3.69. The molecule has 0 heterocycles. The topological polar surface area (TPSA) is 9.23 Å². The number of benzene rings is 2. The lowest BCUT2D eigenvalue weighted by Gasteiger charge is -2.13. The molecule has 0 bridgehead atoms. The van der Waals surface area contributed by atoms with Gasteiger partial charge in [-0.25, -0.2) is 13.2 Å². The third-order valence-electron chi connectivity index (χ3n) is 2.71. The van der Waals surface area contributed by atoms with Crippen molar-refractivity contribution in [1.29, 1.82) is 0 Å². The first kappa shape index (κ1) is 13.9. The highest BCUT2D eigenvalue weighted by atomic mass is 79.9. The minimum absolute atomic E-state index is 0.216. The lowest BCUT2D eigenvalue weighted by atomic mass is 10.0. The van der Waals surface area contributed by atoms with Gasteiger partial charge in [0.25, 0.3) is 0 Å². The third kappa shape index (κ3) is 2.92. The summed E-state index contributed by atoms with van der Waals surface area (Å²) in [5, 5.41) is 0. The van der Waals surface area contributed by atoms with Crippen LogP contribution in [0.4, 0.5) is 13.2 Å². The van der Waals surface area contributed by atoms with Gasteiger partial charge in [-0.15, -0.1) is 0 Å². The maximum atomic E-state index is 13.7. The molecular weight excluding hydrogens is 321 g/mol. The zero-order valence-corrected chi connectivity index (χ0v) is 11.5. The zero-order valence-electron chi connectivity index (χ0n) is 9.96. The van der Waals surface area contributed by atoms with E-state index in [1.165, 1.54) is 7.11 Å².